The summed E-state index contributed by atoms with van der Waals surface area (Å²) in [6, 6.07) is 12.3. The Morgan fingerprint density at radius 2 is 1.69 bits per heavy atom. The second-order valence-electron chi connectivity index (χ2n) is 6.48. The van der Waals surface area contributed by atoms with Crippen molar-refractivity contribution in [1.82, 2.24) is 14.5 Å². The van der Waals surface area contributed by atoms with Crippen molar-refractivity contribution in [3.05, 3.63) is 59.1 Å². The van der Waals surface area contributed by atoms with Crippen LogP contribution in [-0.4, -0.2) is 54.6 Å². The second-order valence-corrected chi connectivity index (χ2v) is 11.3. The normalized spacial score (nSPS) is 11.4. The molecule has 0 radical (unpaired) electrons. The molecule has 0 spiro atoms. The van der Waals surface area contributed by atoms with E-state index in [9.17, 15) is 18.0 Å². The van der Waals surface area contributed by atoms with Gasteiger partial charge in [-0.2, -0.15) is 0 Å². The number of benzene rings is 2. The van der Waals surface area contributed by atoms with Gasteiger partial charge in [-0.25, -0.2) is 12.7 Å². The quantitative estimate of drug-likeness (QED) is 0.351. The number of halogens is 1. The van der Waals surface area contributed by atoms with Gasteiger partial charge in [-0.3, -0.25) is 14.9 Å². The summed E-state index contributed by atoms with van der Waals surface area (Å²) in [5.41, 5.74) is 0.907. The summed E-state index contributed by atoms with van der Waals surface area (Å²) in [6.07, 6.45) is 0. The molecule has 1 aromatic heterocycles. The van der Waals surface area contributed by atoms with Gasteiger partial charge in [0.1, 0.15) is 0 Å². The fourth-order valence-corrected chi connectivity index (χ4v) is 4.91. The first-order chi connectivity index (χ1) is 15.1. The van der Waals surface area contributed by atoms with Gasteiger partial charge < -0.3 is 5.32 Å². The number of nitrogens with one attached hydrogen (secondary N) is 2. The van der Waals surface area contributed by atoms with Crippen molar-refractivity contribution in [2.45, 2.75) is 9.24 Å². The first-order valence-corrected chi connectivity index (χ1v) is 12.6. The van der Waals surface area contributed by atoms with Gasteiger partial charge in [0.15, 0.2) is 4.34 Å². The molecule has 32 heavy (non-hydrogen) atoms. The fraction of sp³-hybridized carbons (Fsp3) is 0.158. The number of aromatic nitrogens is 2. The van der Waals surface area contributed by atoms with Crippen LogP contribution in [0.1, 0.15) is 10.4 Å². The van der Waals surface area contributed by atoms with Gasteiger partial charge in [-0.05, 0) is 48.5 Å². The second kappa shape index (κ2) is 10.4. The maximum atomic E-state index is 12.4. The van der Waals surface area contributed by atoms with Crippen molar-refractivity contribution in [1.29, 1.82) is 0 Å². The van der Waals surface area contributed by atoms with Gasteiger partial charge >= 0.3 is 0 Å². The van der Waals surface area contributed by atoms with E-state index in [1.54, 1.807) is 24.3 Å². The highest BCUT2D eigenvalue weighted by Crippen LogP contribution is 2.26. The average molecular weight is 512 g/mol. The zero-order chi connectivity index (χ0) is 23.3. The van der Waals surface area contributed by atoms with E-state index in [0.29, 0.717) is 15.0 Å². The minimum absolute atomic E-state index is 0.0885. The number of carbonyl (C=O) groups excluding carboxylic acids is 2. The molecule has 0 aliphatic rings. The zero-order valence-electron chi connectivity index (χ0n) is 16.9. The van der Waals surface area contributed by atoms with Gasteiger partial charge in [-0.15, -0.1) is 10.2 Å². The van der Waals surface area contributed by atoms with Crippen LogP contribution in [0, 0.1) is 0 Å². The number of rotatable bonds is 8. The van der Waals surface area contributed by atoms with Crippen molar-refractivity contribution >= 4 is 67.4 Å². The highest BCUT2D eigenvalue weighted by Gasteiger charge is 2.18. The molecule has 2 N–H and O–H groups in total. The monoisotopic (exact) mass is 511 g/mol. The Morgan fingerprint density at radius 3 is 2.31 bits per heavy atom. The predicted molar refractivity (Wildman–Crippen MR) is 126 cm³/mol. The van der Waals surface area contributed by atoms with Crippen LogP contribution in [0.3, 0.4) is 0 Å². The van der Waals surface area contributed by atoms with E-state index in [2.05, 4.69) is 20.8 Å². The Balaban J connectivity index is 1.53. The molecule has 0 fully saturated rings. The van der Waals surface area contributed by atoms with Crippen LogP contribution in [0.25, 0.3) is 0 Å². The third kappa shape index (κ3) is 6.26. The molecule has 0 aliphatic carbocycles. The van der Waals surface area contributed by atoms with E-state index < -0.39 is 15.9 Å². The number of thioether (sulfide) groups is 1. The molecule has 0 atom stereocenters. The molecule has 1 heterocycles. The number of nitrogens with zero attached hydrogens (tertiary/aromatic N) is 3. The van der Waals surface area contributed by atoms with Crippen molar-refractivity contribution in [3.8, 4) is 0 Å². The molecule has 0 saturated carbocycles. The van der Waals surface area contributed by atoms with Crippen LogP contribution in [-0.2, 0) is 14.8 Å². The van der Waals surface area contributed by atoms with E-state index in [4.69, 9.17) is 11.6 Å². The molecule has 3 rings (SSSR count). The largest absolute Gasteiger partial charge is 0.325 e. The topological polar surface area (TPSA) is 121 Å². The minimum Gasteiger partial charge on any atom is -0.325 e. The zero-order valence-corrected chi connectivity index (χ0v) is 20.1. The van der Waals surface area contributed by atoms with Crippen LogP contribution in [0.5, 0.6) is 0 Å². The Labute approximate surface area is 198 Å². The molecule has 9 nitrogen and oxygen atoms in total. The van der Waals surface area contributed by atoms with Crippen LogP contribution in [0.15, 0.2) is 57.8 Å². The molecule has 2 aromatic carbocycles. The van der Waals surface area contributed by atoms with Crippen LogP contribution in [0.2, 0.25) is 5.02 Å². The van der Waals surface area contributed by atoms with E-state index in [1.165, 1.54) is 50.1 Å². The lowest BCUT2D eigenvalue weighted by Crippen LogP contribution is -2.22. The molecule has 168 valence electrons. The van der Waals surface area contributed by atoms with Crippen LogP contribution in [0.4, 0.5) is 10.8 Å². The van der Waals surface area contributed by atoms with Gasteiger partial charge in [0.2, 0.25) is 21.1 Å². The van der Waals surface area contributed by atoms with Gasteiger partial charge in [-0.1, -0.05) is 34.7 Å². The van der Waals surface area contributed by atoms with Crippen molar-refractivity contribution in [2.75, 3.05) is 30.5 Å². The smallest absolute Gasteiger partial charge is 0.257 e. The number of anilines is 2. The van der Waals surface area contributed by atoms with Crippen molar-refractivity contribution in [2.24, 2.45) is 0 Å². The van der Waals surface area contributed by atoms with Crippen molar-refractivity contribution < 1.29 is 18.0 Å². The third-order valence-corrected chi connectivity index (χ3v) is 8.03. The maximum Gasteiger partial charge on any atom is 0.257 e. The first kappa shape index (κ1) is 24.1. The molecule has 3 aromatic rings. The Bertz CT molecular complexity index is 1210. The highest BCUT2D eigenvalue weighted by atomic mass is 35.5. The van der Waals surface area contributed by atoms with E-state index >= 15 is 0 Å². The molecule has 0 unspecified atom stereocenters. The summed E-state index contributed by atoms with van der Waals surface area (Å²) in [5.74, 6) is -0.551. The molecular formula is C19H18ClN5O4S3. The minimum atomic E-state index is -3.57. The van der Waals surface area contributed by atoms with Gasteiger partial charge in [0, 0.05) is 30.4 Å². The number of carbonyl (C=O) groups is 2. The molecule has 0 bridgehead atoms. The molecule has 0 aliphatic heterocycles. The Hall–Kier alpha value is -2.51. The van der Waals surface area contributed by atoms with Crippen LogP contribution < -0.4 is 10.6 Å². The number of hydrogen-bond donors (Lipinski definition) is 2. The SMILES string of the molecule is CN(C)S(=O)(=O)c1ccc(C(=O)Nc2nnc(SCC(=O)Nc3ccc(Cl)cc3)s2)cc1. The lowest BCUT2D eigenvalue weighted by molar-refractivity contribution is -0.113. The fourth-order valence-electron chi connectivity index (χ4n) is 2.33. The number of hydrogen-bond acceptors (Lipinski definition) is 8. The standard InChI is InChI=1S/C19H18ClN5O4S3/c1-25(2)32(28,29)15-9-3-12(4-10-15)17(27)22-18-23-24-19(31-18)30-11-16(26)21-14-7-5-13(20)6-8-14/h3-10H,11H2,1-2H3,(H,21,26)(H,22,23,27). The van der Waals surface area contributed by atoms with Gasteiger partial charge in [0.05, 0.1) is 10.6 Å². The van der Waals surface area contributed by atoms with Crippen LogP contribution >= 0.6 is 34.7 Å². The van der Waals surface area contributed by atoms with Gasteiger partial charge in [0.25, 0.3) is 5.91 Å². The summed E-state index contributed by atoms with van der Waals surface area (Å²) >= 11 is 8.13. The summed E-state index contributed by atoms with van der Waals surface area (Å²) < 4.78 is 25.8. The Kier molecular flexibility index (Phi) is 7.85. The highest BCUT2D eigenvalue weighted by molar-refractivity contribution is 8.01. The van der Waals surface area contributed by atoms with E-state index in [1.807, 2.05) is 0 Å². The van der Waals surface area contributed by atoms with E-state index in [0.717, 1.165) is 15.6 Å². The van der Waals surface area contributed by atoms with Crippen molar-refractivity contribution in [3.63, 3.8) is 0 Å². The lowest BCUT2D eigenvalue weighted by atomic mass is 10.2. The number of amides is 2. The third-order valence-electron chi connectivity index (χ3n) is 3.98. The first-order valence-electron chi connectivity index (χ1n) is 9.01. The van der Waals surface area contributed by atoms with E-state index in [-0.39, 0.29) is 27.3 Å². The Morgan fingerprint density at radius 1 is 1.03 bits per heavy atom. The lowest BCUT2D eigenvalue weighted by Gasteiger charge is -2.11. The summed E-state index contributed by atoms with van der Waals surface area (Å²) in [7, 11) is -0.705. The summed E-state index contributed by atoms with van der Waals surface area (Å²) in [5, 5.41) is 14.1. The summed E-state index contributed by atoms with van der Waals surface area (Å²) in [6.45, 7) is 0. The summed E-state index contributed by atoms with van der Waals surface area (Å²) in [4.78, 5) is 24.5. The molecule has 2 amide bonds. The molecular weight excluding hydrogens is 494 g/mol. The molecule has 13 heteroatoms. The maximum absolute atomic E-state index is 12.4. The molecule has 0 saturated heterocycles. The average Bonchev–Trinajstić information content (AvgIpc) is 3.21. The predicted octanol–water partition coefficient (Wildman–Crippen LogP) is 3.42. The number of sulfonamides is 1.